The SMILES string of the molecule is O=C1N(c2nc(-c3ccccc3)nc(-c3ccc(-c4ccccc4)cc3)n2)C(=O)C(c2ccccc2)(c2ccccc2)C1(c1ccccc1)c1ccccc1. The maximum Gasteiger partial charge on any atom is 0.253 e. The van der Waals surface area contributed by atoms with Crippen LogP contribution < -0.4 is 4.90 Å². The molecule has 1 aliphatic rings. The van der Waals surface area contributed by atoms with Gasteiger partial charge in [0.25, 0.3) is 11.8 Å². The lowest BCUT2D eigenvalue weighted by Crippen LogP contribution is -2.53. The molecule has 1 saturated heterocycles. The summed E-state index contributed by atoms with van der Waals surface area (Å²) in [5.74, 6) is -0.284. The van der Waals surface area contributed by atoms with Crippen molar-refractivity contribution in [1.29, 1.82) is 0 Å². The van der Waals surface area contributed by atoms with Gasteiger partial charge < -0.3 is 0 Å². The van der Waals surface area contributed by atoms with Gasteiger partial charge in [0.15, 0.2) is 11.6 Å². The van der Waals surface area contributed by atoms with E-state index >= 15 is 9.59 Å². The molecule has 262 valence electrons. The fraction of sp³-hybridized carbons (Fsp3) is 0.0408. The minimum atomic E-state index is -1.58. The third kappa shape index (κ3) is 5.38. The summed E-state index contributed by atoms with van der Waals surface area (Å²) >= 11 is 0. The third-order valence-corrected chi connectivity index (χ3v) is 10.5. The number of anilines is 1. The van der Waals surface area contributed by atoms with Gasteiger partial charge in [0.2, 0.25) is 5.95 Å². The maximum atomic E-state index is 16.1. The molecule has 0 unspecified atom stereocenters. The number of carbonyl (C=O) groups is 2. The van der Waals surface area contributed by atoms with Crippen molar-refractivity contribution in [3.63, 3.8) is 0 Å². The first-order valence-electron chi connectivity index (χ1n) is 18.2. The van der Waals surface area contributed by atoms with Crippen LogP contribution in [-0.2, 0) is 20.4 Å². The summed E-state index contributed by atoms with van der Waals surface area (Å²) in [6.07, 6.45) is 0. The van der Waals surface area contributed by atoms with Crippen molar-refractivity contribution in [2.75, 3.05) is 4.90 Å². The lowest BCUT2D eigenvalue weighted by molar-refractivity contribution is -0.122. The van der Waals surface area contributed by atoms with Crippen molar-refractivity contribution in [2.45, 2.75) is 10.8 Å². The van der Waals surface area contributed by atoms with E-state index < -0.39 is 22.6 Å². The normalized spacial score (nSPS) is 14.5. The summed E-state index contributed by atoms with van der Waals surface area (Å²) in [5, 5.41) is 0. The minimum absolute atomic E-state index is 0.0454. The molecule has 6 nitrogen and oxygen atoms in total. The molecule has 9 rings (SSSR count). The van der Waals surface area contributed by atoms with Gasteiger partial charge in [0, 0.05) is 11.1 Å². The third-order valence-electron chi connectivity index (χ3n) is 10.5. The first-order chi connectivity index (χ1) is 27.1. The zero-order valence-corrected chi connectivity index (χ0v) is 29.7. The van der Waals surface area contributed by atoms with Gasteiger partial charge in [-0.05, 0) is 33.4 Å². The monoisotopic (exact) mass is 710 g/mol. The summed E-state index contributed by atoms with van der Waals surface area (Å²) in [5.41, 5.74) is 3.09. The van der Waals surface area contributed by atoms with Crippen LogP contribution in [0.4, 0.5) is 5.95 Å². The largest absolute Gasteiger partial charge is 0.272 e. The number of amides is 2. The van der Waals surface area contributed by atoms with E-state index in [-0.39, 0.29) is 5.95 Å². The van der Waals surface area contributed by atoms with E-state index in [2.05, 4.69) is 12.1 Å². The van der Waals surface area contributed by atoms with E-state index in [1.54, 1.807) is 0 Å². The highest BCUT2D eigenvalue weighted by atomic mass is 16.2. The van der Waals surface area contributed by atoms with Crippen LogP contribution in [0.5, 0.6) is 0 Å². The number of imide groups is 1. The summed E-state index contributed by atoms with van der Waals surface area (Å²) in [6, 6.07) is 66.1. The van der Waals surface area contributed by atoms with Crippen LogP contribution in [0.15, 0.2) is 206 Å². The Kier molecular flexibility index (Phi) is 8.48. The second kappa shape index (κ2) is 13.9. The fourth-order valence-electron chi connectivity index (χ4n) is 8.13. The van der Waals surface area contributed by atoms with Crippen LogP contribution in [0.25, 0.3) is 33.9 Å². The highest BCUT2D eigenvalue weighted by Gasteiger charge is 2.73. The number of hydrogen-bond acceptors (Lipinski definition) is 5. The zero-order chi connectivity index (χ0) is 37.2. The number of nitrogens with zero attached hydrogens (tertiary/aromatic N) is 4. The topological polar surface area (TPSA) is 76.1 Å². The van der Waals surface area contributed by atoms with Gasteiger partial charge in [0.1, 0.15) is 10.8 Å². The Morgan fingerprint density at radius 2 is 0.582 bits per heavy atom. The second-order valence-corrected chi connectivity index (χ2v) is 13.5. The quantitative estimate of drug-likeness (QED) is 0.147. The van der Waals surface area contributed by atoms with Crippen LogP contribution >= 0.6 is 0 Å². The Balaban J connectivity index is 1.34. The van der Waals surface area contributed by atoms with Gasteiger partial charge >= 0.3 is 0 Å². The Bertz CT molecular complexity index is 2420. The molecule has 0 bridgehead atoms. The van der Waals surface area contributed by atoms with Gasteiger partial charge in [-0.25, -0.2) is 9.88 Å². The Labute approximate surface area is 319 Å². The molecule has 0 saturated carbocycles. The highest BCUT2D eigenvalue weighted by Crippen LogP contribution is 2.59. The lowest BCUT2D eigenvalue weighted by atomic mass is 9.53. The van der Waals surface area contributed by atoms with E-state index in [1.807, 2.05) is 194 Å². The molecule has 1 aliphatic heterocycles. The number of hydrogen-bond donors (Lipinski definition) is 0. The maximum absolute atomic E-state index is 16.1. The van der Waals surface area contributed by atoms with E-state index in [0.29, 0.717) is 33.9 Å². The van der Waals surface area contributed by atoms with Crippen molar-refractivity contribution < 1.29 is 9.59 Å². The standard InChI is InChI=1S/C49H34N4O2/c54-45-48(39-23-11-3-12-24-39,40-25-13-4-14-26-40)49(41-27-15-5-16-28-41,42-29-17-6-18-30-42)46(55)53(45)47-51-43(37-21-9-2-10-22-37)50-44(52-47)38-33-31-36(32-34-38)35-19-7-1-8-20-35/h1-34H. The first kappa shape index (κ1) is 33.5. The van der Waals surface area contributed by atoms with Crippen molar-refractivity contribution >= 4 is 17.8 Å². The molecule has 0 N–H and O–H groups in total. The molecule has 0 atom stereocenters. The number of rotatable bonds is 8. The smallest absolute Gasteiger partial charge is 0.253 e. The predicted molar refractivity (Wildman–Crippen MR) is 216 cm³/mol. The van der Waals surface area contributed by atoms with Crippen molar-refractivity contribution in [3.8, 4) is 33.9 Å². The highest BCUT2D eigenvalue weighted by molar-refractivity contribution is 6.31. The van der Waals surface area contributed by atoms with Gasteiger partial charge in [-0.3, -0.25) is 9.59 Å². The van der Waals surface area contributed by atoms with Crippen molar-refractivity contribution in [3.05, 3.63) is 229 Å². The average molecular weight is 711 g/mol. The summed E-state index contributed by atoms with van der Waals surface area (Å²) < 4.78 is 0. The van der Waals surface area contributed by atoms with Crippen LogP contribution in [0.2, 0.25) is 0 Å². The van der Waals surface area contributed by atoms with Gasteiger partial charge in [-0.2, -0.15) is 9.97 Å². The van der Waals surface area contributed by atoms with Crippen molar-refractivity contribution in [2.24, 2.45) is 0 Å². The Morgan fingerprint density at radius 3 is 0.945 bits per heavy atom. The minimum Gasteiger partial charge on any atom is -0.272 e. The molecule has 0 radical (unpaired) electrons. The summed E-state index contributed by atoms with van der Waals surface area (Å²) in [7, 11) is 0. The number of aromatic nitrogens is 3. The molecular weight excluding hydrogens is 677 g/mol. The molecule has 2 amide bonds. The Morgan fingerprint density at radius 1 is 0.309 bits per heavy atom. The second-order valence-electron chi connectivity index (χ2n) is 13.5. The number of carbonyl (C=O) groups excluding carboxylic acids is 2. The van der Waals surface area contributed by atoms with E-state index in [0.717, 1.165) is 22.3 Å². The van der Waals surface area contributed by atoms with Crippen LogP contribution in [0, 0.1) is 0 Å². The Hall–Kier alpha value is -7.31. The molecule has 8 aromatic rings. The zero-order valence-electron chi connectivity index (χ0n) is 29.7. The summed E-state index contributed by atoms with van der Waals surface area (Å²) in [4.78, 5) is 48.3. The summed E-state index contributed by atoms with van der Waals surface area (Å²) in [6.45, 7) is 0. The molecule has 2 heterocycles. The van der Waals surface area contributed by atoms with Gasteiger partial charge in [-0.15, -0.1) is 0 Å². The van der Waals surface area contributed by atoms with Crippen LogP contribution in [0.3, 0.4) is 0 Å². The van der Waals surface area contributed by atoms with E-state index in [9.17, 15) is 0 Å². The molecule has 1 aromatic heterocycles. The molecule has 7 aromatic carbocycles. The predicted octanol–water partition coefficient (Wildman–Crippen LogP) is 9.72. The fourth-order valence-corrected chi connectivity index (χ4v) is 8.13. The molecule has 0 spiro atoms. The molecule has 1 fully saturated rings. The van der Waals surface area contributed by atoms with Crippen molar-refractivity contribution in [1.82, 2.24) is 15.0 Å². The lowest BCUT2D eigenvalue weighted by Gasteiger charge is -2.43. The molecule has 0 aliphatic carbocycles. The average Bonchev–Trinajstić information content (AvgIpc) is 3.48. The molecule has 55 heavy (non-hydrogen) atoms. The van der Waals surface area contributed by atoms with E-state index in [4.69, 9.17) is 15.0 Å². The van der Waals surface area contributed by atoms with E-state index in [1.165, 1.54) is 4.90 Å². The van der Waals surface area contributed by atoms with Crippen LogP contribution in [-0.4, -0.2) is 26.8 Å². The molecular formula is C49H34N4O2. The van der Waals surface area contributed by atoms with Crippen LogP contribution in [0.1, 0.15) is 22.3 Å². The number of benzene rings is 7. The first-order valence-corrected chi connectivity index (χ1v) is 18.2. The molecule has 6 heteroatoms. The van der Waals surface area contributed by atoms with Gasteiger partial charge in [0.05, 0.1) is 0 Å². The van der Waals surface area contributed by atoms with Gasteiger partial charge in [-0.1, -0.05) is 206 Å².